The van der Waals surface area contributed by atoms with Gasteiger partial charge in [0.15, 0.2) is 0 Å². The molecular weight excluding hydrogens is 504 g/mol. The summed E-state index contributed by atoms with van der Waals surface area (Å²) < 4.78 is 36.0. The van der Waals surface area contributed by atoms with Crippen LogP contribution in [-0.2, 0) is 12.2 Å². The maximum atomic E-state index is 13.9. The maximum Gasteiger partial charge on any atom is 0.263 e. The van der Waals surface area contributed by atoms with Gasteiger partial charge in [-0.3, -0.25) is 18.7 Å². The molecule has 0 saturated heterocycles. The van der Waals surface area contributed by atoms with E-state index < -0.39 is 28.4 Å². The van der Waals surface area contributed by atoms with Crippen LogP contribution in [0, 0.1) is 25.5 Å². The Hall–Kier alpha value is -3.82. The Kier molecular flexibility index (Phi) is 7.03. The lowest BCUT2D eigenvalue weighted by atomic mass is 10.00. The fourth-order valence-electron chi connectivity index (χ4n) is 4.01. The number of aromatic nitrogens is 3. The summed E-state index contributed by atoms with van der Waals surface area (Å²) >= 11 is 6.17. The van der Waals surface area contributed by atoms with E-state index in [0.717, 1.165) is 12.1 Å². The number of aliphatic hydroxyl groups is 1. The van der Waals surface area contributed by atoms with Crippen molar-refractivity contribution in [2.24, 2.45) is 0 Å². The molecule has 0 fully saturated rings. The molecule has 0 aliphatic carbocycles. The van der Waals surface area contributed by atoms with E-state index in [-0.39, 0.29) is 34.3 Å². The molecule has 1 N–H and O–H groups in total. The summed E-state index contributed by atoms with van der Waals surface area (Å²) in [7, 11) is 0. The largest absolute Gasteiger partial charge is 0.488 e. The average Bonchev–Trinajstić information content (AvgIpc) is 2.79. The molecule has 0 amide bonds. The van der Waals surface area contributed by atoms with Crippen molar-refractivity contribution in [3.05, 3.63) is 115 Å². The van der Waals surface area contributed by atoms with Crippen LogP contribution in [0.5, 0.6) is 5.75 Å². The van der Waals surface area contributed by atoms with Crippen molar-refractivity contribution >= 4 is 11.6 Å². The van der Waals surface area contributed by atoms with Crippen molar-refractivity contribution in [1.82, 2.24) is 14.1 Å². The van der Waals surface area contributed by atoms with Gasteiger partial charge in [-0.2, -0.15) is 0 Å². The number of benzene rings is 1. The molecule has 7 nitrogen and oxygen atoms in total. The topological polar surface area (TPSA) is 86.3 Å². The van der Waals surface area contributed by atoms with Gasteiger partial charge in [0.1, 0.15) is 29.8 Å². The van der Waals surface area contributed by atoms with Crippen molar-refractivity contribution in [2.75, 3.05) is 0 Å². The zero-order valence-electron chi connectivity index (χ0n) is 20.6. The lowest BCUT2D eigenvalue weighted by Crippen LogP contribution is -2.32. The molecule has 1 aromatic carbocycles. The molecule has 37 heavy (non-hydrogen) atoms. The fraction of sp³-hybridized carbons (Fsp3) is 0.222. The molecule has 4 aromatic rings. The third-order valence-corrected chi connectivity index (χ3v) is 6.15. The molecule has 0 bridgehead atoms. The van der Waals surface area contributed by atoms with Gasteiger partial charge in [-0.05, 0) is 51.5 Å². The minimum Gasteiger partial charge on any atom is -0.488 e. The number of hydrogen-bond donors (Lipinski definition) is 1. The van der Waals surface area contributed by atoms with E-state index in [0.29, 0.717) is 16.9 Å². The molecule has 0 aliphatic heterocycles. The number of nitrogens with zero attached hydrogens (tertiary/aromatic N) is 3. The Morgan fingerprint density at radius 2 is 1.76 bits per heavy atom. The summed E-state index contributed by atoms with van der Waals surface area (Å²) in [5.41, 5.74) is -1.11. The zero-order valence-corrected chi connectivity index (χ0v) is 21.3. The SMILES string of the molecule is Cc1cnc(-n2ccc(Cl)c(C(C)(C)O)c2=O)cc1-n1c(C)cc(OCc2c(F)cccc2F)cc1=O. The Balaban J connectivity index is 1.74. The summed E-state index contributed by atoms with van der Waals surface area (Å²) in [5.74, 6) is -1.11. The van der Waals surface area contributed by atoms with E-state index in [9.17, 15) is 23.5 Å². The normalized spacial score (nSPS) is 11.6. The molecule has 10 heteroatoms. The molecule has 4 rings (SSSR count). The highest BCUT2D eigenvalue weighted by Gasteiger charge is 2.25. The van der Waals surface area contributed by atoms with Crippen LogP contribution in [-0.4, -0.2) is 19.2 Å². The minimum absolute atomic E-state index is 0.0155. The predicted octanol–water partition coefficient (Wildman–Crippen LogP) is 4.74. The highest BCUT2D eigenvalue weighted by atomic mass is 35.5. The Morgan fingerprint density at radius 1 is 1.08 bits per heavy atom. The minimum atomic E-state index is -1.49. The van der Waals surface area contributed by atoms with Crippen molar-refractivity contribution in [1.29, 1.82) is 0 Å². The lowest BCUT2D eigenvalue weighted by Gasteiger charge is -2.20. The highest BCUT2D eigenvalue weighted by molar-refractivity contribution is 6.31. The van der Waals surface area contributed by atoms with Crippen molar-refractivity contribution in [3.63, 3.8) is 0 Å². The van der Waals surface area contributed by atoms with Gasteiger partial charge in [0, 0.05) is 36.3 Å². The molecular formula is C27H24ClF2N3O4. The van der Waals surface area contributed by atoms with Crippen LogP contribution in [0.2, 0.25) is 5.02 Å². The van der Waals surface area contributed by atoms with E-state index in [4.69, 9.17) is 16.3 Å². The van der Waals surface area contributed by atoms with Crippen LogP contribution >= 0.6 is 11.6 Å². The first kappa shape index (κ1) is 26.2. The number of halogens is 3. The van der Waals surface area contributed by atoms with Gasteiger partial charge in [0.05, 0.1) is 27.4 Å². The summed E-state index contributed by atoms with van der Waals surface area (Å²) in [6, 6.07) is 9.36. The predicted molar refractivity (Wildman–Crippen MR) is 136 cm³/mol. The number of rotatable bonds is 6. The third-order valence-electron chi connectivity index (χ3n) is 5.84. The van der Waals surface area contributed by atoms with Gasteiger partial charge < -0.3 is 9.84 Å². The van der Waals surface area contributed by atoms with Crippen LogP contribution in [0.25, 0.3) is 11.5 Å². The Morgan fingerprint density at radius 3 is 2.38 bits per heavy atom. The van der Waals surface area contributed by atoms with Gasteiger partial charge >= 0.3 is 0 Å². The Bertz CT molecular complexity index is 1600. The fourth-order valence-corrected chi connectivity index (χ4v) is 4.38. The molecule has 0 spiro atoms. The summed E-state index contributed by atoms with van der Waals surface area (Å²) in [6.45, 7) is 5.97. The van der Waals surface area contributed by atoms with Crippen molar-refractivity contribution < 1.29 is 18.6 Å². The second-order valence-electron chi connectivity index (χ2n) is 9.10. The van der Waals surface area contributed by atoms with Crippen molar-refractivity contribution in [2.45, 2.75) is 39.9 Å². The van der Waals surface area contributed by atoms with E-state index in [2.05, 4.69) is 4.98 Å². The number of hydrogen-bond acceptors (Lipinski definition) is 5. The van der Waals surface area contributed by atoms with Crippen LogP contribution in [0.3, 0.4) is 0 Å². The van der Waals surface area contributed by atoms with Crippen LogP contribution in [0.15, 0.2) is 64.4 Å². The molecule has 0 saturated carbocycles. The first-order valence-corrected chi connectivity index (χ1v) is 11.7. The maximum absolute atomic E-state index is 13.9. The third kappa shape index (κ3) is 5.19. The summed E-state index contributed by atoms with van der Waals surface area (Å²) in [6.07, 6.45) is 2.96. The Labute approximate surface area is 216 Å². The highest BCUT2D eigenvalue weighted by Crippen LogP contribution is 2.25. The first-order chi connectivity index (χ1) is 17.4. The first-order valence-electron chi connectivity index (χ1n) is 11.3. The number of pyridine rings is 3. The lowest BCUT2D eigenvalue weighted by molar-refractivity contribution is 0.0769. The molecule has 3 aromatic heterocycles. The van der Waals surface area contributed by atoms with Gasteiger partial charge in [-0.1, -0.05) is 17.7 Å². The zero-order chi connectivity index (χ0) is 27.1. The van der Waals surface area contributed by atoms with Gasteiger partial charge in [0.25, 0.3) is 11.1 Å². The van der Waals surface area contributed by atoms with Gasteiger partial charge in [-0.15, -0.1) is 0 Å². The smallest absolute Gasteiger partial charge is 0.263 e. The van der Waals surface area contributed by atoms with E-state index in [1.807, 2.05) is 0 Å². The molecule has 0 radical (unpaired) electrons. The second kappa shape index (κ2) is 9.91. The molecule has 0 unspecified atom stereocenters. The molecule has 0 aliphatic rings. The standard InChI is InChI=1S/C27H24ClF2N3O4/c1-15-13-31-23(32-9-8-19(28)25(26(32)35)27(3,4)36)12-22(15)33-16(2)10-17(11-24(33)34)37-14-18-20(29)6-5-7-21(18)30/h5-13,36H,14H2,1-4H3. The molecule has 192 valence electrons. The second-order valence-corrected chi connectivity index (χ2v) is 9.50. The quantitative estimate of drug-likeness (QED) is 0.391. The molecule has 0 atom stereocenters. The number of aryl methyl sites for hydroxylation is 2. The summed E-state index contributed by atoms with van der Waals surface area (Å²) in [4.78, 5) is 30.6. The monoisotopic (exact) mass is 527 g/mol. The van der Waals surface area contributed by atoms with Crippen LogP contribution < -0.4 is 15.9 Å². The van der Waals surface area contributed by atoms with Crippen molar-refractivity contribution in [3.8, 4) is 17.3 Å². The van der Waals surface area contributed by atoms with Gasteiger partial charge in [0.2, 0.25) is 0 Å². The van der Waals surface area contributed by atoms with E-state index >= 15 is 0 Å². The van der Waals surface area contributed by atoms with E-state index in [1.54, 1.807) is 26.0 Å². The molecule has 3 heterocycles. The van der Waals surface area contributed by atoms with Gasteiger partial charge in [-0.25, -0.2) is 13.8 Å². The van der Waals surface area contributed by atoms with Crippen LogP contribution in [0.1, 0.15) is 36.2 Å². The number of ether oxygens (including phenoxy) is 1. The summed E-state index contributed by atoms with van der Waals surface area (Å²) in [5, 5.41) is 10.6. The van der Waals surface area contributed by atoms with E-state index in [1.165, 1.54) is 53.6 Å². The van der Waals surface area contributed by atoms with Crippen LogP contribution in [0.4, 0.5) is 8.78 Å². The average molecular weight is 528 g/mol.